The van der Waals surface area contributed by atoms with Gasteiger partial charge < -0.3 is 15.2 Å². The van der Waals surface area contributed by atoms with Crippen LogP contribution >= 0.6 is 11.6 Å². The molecule has 1 rings (SSSR count). The van der Waals surface area contributed by atoms with Gasteiger partial charge >= 0.3 is 5.97 Å². The Balaban J connectivity index is 2.42. The molecule has 1 aromatic carbocycles. The van der Waals surface area contributed by atoms with Crippen LogP contribution in [0.5, 0.6) is 0 Å². The lowest BCUT2D eigenvalue weighted by atomic mass is 10.2. The average molecular weight is 258 g/mol. The Kier molecular flexibility index (Phi) is 5.80. The van der Waals surface area contributed by atoms with Gasteiger partial charge in [0, 0.05) is 30.3 Å². The van der Waals surface area contributed by atoms with Crippen molar-refractivity contribution < 1.29 is 14.3 Å². The van der Waals surface area contributed by atoms with E-state index in [9.17, 15) is 4.79 Å². The van der Waals surface area contributed by atoms with Crippen molar-refractivity contribution in [2.75, 3.05) is 25.6 Å². The summed E-state index contributed by atoms with van der Waals surface area (Å²) in [6.07, 6.45) is 0.674. The highest BCUT2D eigenvalue weighted by atomic mass is 35.5. The molecule has 0 bridgehead atoms. The molecule has 17 heavy (non-hydrogen) atoms. The number of rotatable bonds is 6. The highest BCUT2D eigenvalue weighted by Gasteiger charge is 2.10. The summed E-state index contributed by atoms with van der Waals surface area (Å²) >= 11 is 5.73. The topological polar surface area (TPSA) is 61.5 Å². The van der Waals surface area contributed by atoms with E-state index in [0.29, 0.717) is 42.5 Å². The van der Waals surface area contributed by atoms with Gasteiger partial charge in [0.05, 0.1) is 12.2 Å². The van der Waals surface area contributed by atoms with E-state index in [1.807, 2.05) is 6.92 Å². The van der Waals surface area contributed by atoms with Crippen LogP contribution in [0, 0.1) is 0 Å². The average Bonchev–Trinajstić information content (AvgIpc) is 2.28. The van der Waals surface area contributed by atoms with Crippen molar-refractivity contribution in [2.24, 2.45) is 0 Å². The highest BCUT2D eigenvalue weighted by Crippen LogP contribution is 2.18. The van der Waals surface area contributed by atoms with Crippen LogP contribution in [-0.4, -0.2) is 25.8 Å². The molecule has 0 aromatic heterocycles. The zero-order chi connectivity index (χ0) is 12.7. The van der Waals surface area contributed by atoms with Gasteiger partial charge in [0.1, 0.15) is 0 Å². The van der Waals surface area contributed by atoms with Crippen LogP contribution in [0.25, 0.3) is 0 Å². The maximum atomic E-state index is 11.6. The second-order valence-corrected chi connectivity index (χ2v) is 3.85. The zero-order valence-electron chi connectivity index (χ0n) is 9.74. The fraction of sp³-hybridized carbons (Fsp3) is 0.417. The van der Waals surface area contributed by atoms with Gasteiger partial charge in [-0.25, -0.2) is 4.79 Å². The summed E-state index contributed by atoms with van der Waals surface area (Å²) < 4.78 is 10.2. The fourth-order valence-electron chi connectivity index (χ4n) is 1.27. The Bertz CT molecular complexity index is 382. The van der Waals surface area contributed by atoms with Crippen LogP contribution in [0.4, 0.5) is 5.69 Å². The van der Waals surface area contributed by atoms with Crippen LogP contribution in [0.15, 0.2) is 18.2 Å². The van der Waals surface area contributed by atoms with E-state index in [1.54, 1.807) is 12.1 Å². The summed E-state index contributed by atoms with van der Waals surface area (Å²) in [5.74, 6) is -0.435. The number of carbonyl (C=O) groups is 1. The molecule has 4 nitrogen and oxygen atoms in total. The summed E-state index contributed by atoms with van der Waals surface area (Å²) in [4.78, 5) is 11.6. The van der Waals surface area contributed by atoms with Gasteiger partial charge in [-0.1, -0.05) is 11.6 Å². The maximum absolute atomic E-state index is 11.6. The SMILES string of the molecule is CCOCCCOC(=O)c1ccc(Cl)cc1N. The number of nitrogen functional groups attached to an aromatic ring is 1. The lowest BCUT2D eigenvalue weighted by molar-refractivity contribution is 0.0453. The number of esters is 1. The van der Waals surface area contributed by atoms with Crippen molar-refractivity contribution >= 4 is 23.3 Å². The summed E-state index contributed by atoms with van der Waals surface area (Å²) in [5.41, 5.74) is 6.33. The van der Waals surface area contributed by atoms with E-state index in [4.69, 9.17) is 26.8 Å². The molecule has 1 aromatic rings. The van der Waals surface area contributed by atoms with Gasteiger partial charge in [-0.2, -0.15) is 0 Å². The minimum absolute atomic E-state index is 0.320. The van der Waals surface area contributed by atoms with Crippen molar-refractivity contribution in [2.45, 2.75) is 13.3 Å². The first-order chi connectivity index (χ1) is 8.15. The number of anilines is 1. The molecule has 0 heterocycles. The minimum atomic E-state index is -0.435. The van der Waals surface area contributed by atoms with Crippen molar-refractivity contribution in [3.8, 4) is 0 Å². The van der Waals surface area contributed by atoms with Crippen molar-refractivity contribution in [3.05, 3.63) is 28.8 Å². The molecule has 0 saturated heterocycles. The summed E-state index contributed by atoms with van der Waals surface area (Å²) in [7, 11) is 0. The van der Waals surface area contributed by atoms with E-state index in [1.165, 1.54) is 6.07 Å². The molecule has 5 heteroatoms. The normalized spacial score (nSPS) is 10.2. The first-order valence-electron chi connectivity index (χ1n) is 5.45. The van der Waals surface area contributed by atoms with E-state index in [2.05, 4.69) is 0 Å². The minimum Gasteiger partial charge on any atom is -0.462 e. The molecular weight excluding hydrogens is 242 g/mol. The van der Waals surface area contributed by atoms with Crippen LogP contribution in [0.2, 0.25) is 5.02 Å². The molecule has 0 amide bonds. The second-order valence-electron chi connectivity index (χ2n) is 3.42. The molecule has 0 unspecified atom stereocenters. The second kappa shape index (κ2) is 7.14. The van der Waals surface area contributed by atoms with E-state index in [-0.39, 0.29) is 0 Å². The lowest BCUT2D eigenvalue weighted by Crippen LogP contribution is -2.10. The Morgan fingerprint density at radius 1 is 1.41 bits per heavy atom. The Morgan fingerprint density at radius 3 is 2.82 bits per heavy atom. The number of halogens is 1. The van der Waals surface area contributed by atoms with E-state index >= 15 is 0 Å². The number of hydrogen-bond acceptors (Lipinski definition) is 4. The molecule has 0 radical (unpaired) electrons. The molecule has 0 atom stereocenters. The smallest absolute Gasteiger partial charge is 0.340 e. The number of ether oxygens (including phenoxy) is 2. The molecule has 0 fully saturated rings. The van der Waals surface area contributed by atoms with E-state index < -0.39 is 5.97 Å². The van der Waals surface area contributed by atoms with Crippen LogP contribution in [0.1, 0.15) is 23.7 Å². The molecule has 0 saturated carbocycles. The predicted octanol–water partition coefficient (Wildman–Crippen LogP) is 2.51. The van der Waals surface area contributed by atoms with Gasteiger partial charge in [-0.3, -0.25) is 0 Å². The van der Waals surface area contributed by atoms with Gasteiger partial charge in [0.25, 0.3) is 0 Å². The largest absolute Gasteiger partial charge is 0.462 e. The molecule has 0 spiro atoms. The third-order valence-corrected chi connectivity index (χ3v) is 2.34. The number of nitrogens with two attached hydrogens (primary N) is 1. The molecule has 94 valence electrons. The Morgan fingerprint density at radius 2 is 2.18 bits per heavy atom. The molecule has 0 aliphatic heterocycles. The molecule has 2 N–H and O–H groups in total. The van der Waals surface area contributed by atoms with Crippen molar-refractivity contribution in [1.82, 2.24) is 0 Å². The third-order valence-electron chi connectivity index (χ3n) is 2.10. The lowest BCUT2D eigenvalue weighted by Gasteiger charge is -2.07. The molecule has 0 aliphatic rings. The fourth-order valence-corrected chi connectivity index (χ4v) is 1.45. The molecule has 0 aliphatic carbocycles. The third kappa shape index (κ3) is 4.63. The van der Waals surface area contributed by atoms with Gasteiger partial charge in [0.2, 0.25) is 0 Å². The van der Waals surface area contributed by atoms with Crippen LogP contribution < -0.4 is 5.73 Å². The standard InChI is InChI=1S/C12H16ClNO3/c1-2-16-6-3-7-17-12(15)10-5-4-9(13)8-11(10)14/h4-5,8H,2-3,6-7,14H2,1H3. The van der Waals surface area contributed by atoms with Crippen LogP contribution in [0.3, 0.4) is 0 Å². The van der Waals surface area contributed by atoms with Crippen LogP contribution in [-0.2, 0) is 9.47 Å². The maximum Gasteiger partial charge on any atom is 0.340 e. The number of hydrogen-bond donors (Lipinski definition) is 1. The van der Waals surface area contributed by atoms with Crippen molar-refractivity contribution in [3.63, 3.8) is 0 Å². The van der Waals surface area contributed by atoms with Gasteiger partial charge in [-0.15, -0.1) is 0 Å². The highest BCUT2D eigenvalue weighted by molar-refractivity contribution is 6.31. The number of benzene rings is 1. The quantitative estimate of drug-likeness (QED) is 0.483. The monoisotopic (exact) mass is 257 g/mol. The van der Waals surface area contributed by atoms with Gasteiger partial charge in [0.15, 0.2) is 0 Å². The zero-order valence-corrected chi connectivity index (χ0v) is 10.5. The van der Waals surface area contributed by atoms with Crippen molar-refractivity contribution in [1.29, 1.82) is 0 Å². The first kappa shape index (κ1) is 13.8. The Hall–Kier alpha value is -1.26. The summed E-state index contributed by atoms with van der Waals surface area (Å²) in [5, 5.41) is 0.496. The van der Waals surface area contributed by atoms with E-state index in [0.717, 1.165) is 0 Å². The summed E-state index contributed by atoms with van der Waals surface area (Å²) in [6, 6.07) is 4.69. The molecular formula is C12H16ClNO3. The first-order valence-corrected chi connectivity index (χ1v) is 5.83. The summed E-state index contributed by atoms with van der Waals surface area (Å²) in [6.45, 7) is 3.49. The van der Waals surface area contributed by atoms with Gasteiger partial charge in [-0.05, 0) is 25.1 Å². The predicted molar refractivity (Wildman–Crippen MR) is 67.3 cm³/mol. The number of carbonyl (C=O) groups excluding carboxylic acids is 1. The Labute approximate surface area is 106 Å².